The van der Waals surface area contributed by atoms with Crippen molar-refractivity contribution in [1.82, 2.24) is 0 Å². The third kappa shape index (κ3) is 10.5. The molecule has 0 saturated heterocycles. The van der Waals surface area contributed by atoms with E-state index in [9.17, 15) is 9.90 Å². The van der Waals surface area contributed by atoms with Crippen LogP contribution in [-0.4, -0.2) is 66.8 Å². The smallest absolute Gasteiger partial charge is 0.342 e. The fourth-order valence-electron chi connectivity index (χ4n) is 7.66. The predicted octanol–water partition coefficient (Wildman–Crippen LogP) is 10.4. The summed E-state index contributed by atoms with van der Waals surface area (Å²) in [5.41, 5.74) is 2.53. The molecular weight excluding hydrogens is 649 g/mol. The van der Waals surface area contributed by atoms with Crippen LogP contribution in [0.3, 0.4) is 0 Å². The van der Waals surface area contributed by atoms with E-state index in [1.807, 2.05) is 6.07 Å². The molecular formula is C40H72O7Si2. The van der Waals surface area contributed by atoms with Gasteiger partial charge in [0.2, 0.25) is 8.32 Å². The summed E-state index contributed by atoms with van der Waals surface area (Å²) in [6.07, 6.45) is 6.24. The third-order valence-corrected chi connectivity index (χ3v) is 22.3. The Bertz CT molecular complexity index is 1200. The van der Waals surface area contributed by atoms with Gasteiger partial charge in [0.15, 0.2) is 8.32 Å². The molecule has 49 heavy (non-hydrogen) atoms. The standard InChI is InChI=1S/C40H72O7Si2/c1-26(2)49(27(3)4,28(5)6)46-35-24-32-23-33(43-13)25-36(44-14)37(32)39(42)45-34(20-18-17-19-29(35)7)31(9)38(30(8)21-22-41)47-48(15,16)40(10,11)12/h17-18,23,25-31,34-35,38,41H,19-22,24H2,1-16H3/b18-17-/t29-,30+,31+,34-,35+,38+/m0/s1. The molecule has 0 fully saturated rings. The maximum atomic E-state index is 14.5. The zero-order valence-electron chi connectivity index (χ0n) is 33.9. The normalized spacial score (nSPS) is 22.5. The lowest BCUT2D eigenvalue weighted by Gasteiger charge is -2.46. The first-order valence-corrected chi connectivity index (χ1v) is 23.8. The molecule has 0 unspecified atom stereocenters. The van der Waals surface area contributed by atoms with Gasteiger partial charge in [-0.3, -0.25) is 0 Å². The molecule has 0 aliphatic carbocycles. The molecule has 1 heterocycles. The number of carbonyl (C=O) groups excluding carboxylic acids is 1. The van der Waals surface area contributed by atoms with Crippen LogP contribution in [0.25, 0.3) is 0 Å². The molecule has 282 valence electrons. The zero-order valence-corrected chi connectivity index (χ0v) is 35.9. The minimum absolute atomic E-state index is 0.00818. The number of rotatable bonds is 14. The Morgan fingerprint density at radius 1 is 0.918 bits per heavy atom. The second-order valence-corrected chi connectivity index (χ2v) is 27.3. The highest BCUT2D eigenvalue weighted by atomic mass is 28.4. The fraction of sp³-hybridized carbons (Fsp3) is 0.775. The van der Waals surface area contributed by atoms with Crippen molar-refractivity contribution < 1.29 is 33.0 Å². The van der Waals surface area contributed by atoms with Crippen molar-refractivity contribution in [3.05, 3.63) is 35.4 Å². The van der Waals surface area contributed by atoms with Gasteiger partial charge in [0, 0.05) is 25.0 Å². The van der Waals surface area contributed by atoms with Gasteiger partial charge in [0.25, 0.3) is 0 Å². The molecule has 1 aliphatic heterocycles. The highest BCUT2D eigenvalue weighted by Crippen LogP contribution is 2.45. The van der Waals surface area contributed by atoms with Crippen LogP contribution in [0, 0.1) is 17.8 Å². The van der Waals surface area contributed by atoms with Crippen LogP contribution < -0.4 is 9.47 Å². The number of benzene rings is 1. The van der Waals surface area contributed by atoms with Gasteiger partial charge in [-0.2, -0.15) is 0 Å². The van der Waals surface area contributed by atoms with E-state index in [4.69, 9.17) is 23.1 Å². The molecule has 1 N–H and O–H groups in total. The van der Waals surface area contributed by atoms with Crippen molar-refractivity contribution in [2.45, 2.75) is 162 Å². The van der Waals surface area contributed by atoms with Crippen LogP contribution in [0.5, 0.6) is 11.5 Å². The van der Waals surface area contributed by atoms with Gasteiger partial charge < -0.3 is 28.2 Å². The van der Waals surface area contributed by atoms with E-state index in [-0.39, 0.29) is 41.6 Å². The fourth-order valence-corrected chi connectivity index (χ4v) is 14.8. The van der Waals surface area contributed by atoms with Crippen molar-refractivity contribution in [3.8, 4) is 11.5 Å². The SMILES string of the molecule is COc1cc2c(c(OC)c1)C(=O)O[C@H]([C@@H](C)[C@H](O[Si](C)(C)C(C)(C)C)[C@H](C)CCO)C/C=C\C[C@H](C)[C@H](O[Si](C(C)C)(C(C)C)C(C)C)C2. The van der Waals surface area contributed by atoms with Gasteiger partial charge in [0.1, 0.15) is 23.2 Å². The minimum Gasteiger partial charge on any atom is -0.497 e. The average molecular weight is 721 g/mol. The van der Waals surface area contributed by atoms with Gasteiger partial charge in [0.05, 0.1) is 26.4 Å². The number of hydrogen-bond acceptors (Lipinski definition) is 7. The van der Waals surface area contributed by atoms with Crippen molar-refractivity contribution >= 4 is 22.6 Å². The highest BCUT2D eigenvalue weighted by molar-refractivity contribution is 6.77. The Hall–Kier alpha value is -1.66. The first kappa shape index (κ1) is 43.5. The molecule has 9 heteroatoms. The summed E-state index contributed by atoms with van der Waals surface area (Å²) in [4.78, 5) is 14.5. The van der Waals surface area contributed by atoms with E-state index >= 15 is 0 Å². The maximum absolute atomic E-state index is 14.5. The Morgan fingerprint density at radius 3 is 1.98 bits per heavy atom. The largest absolute Gasteiger partial charge is 0.497 e. The Kier molecular flexibility index (Phi) is 16.2. The summed E-state index contributed by atoms with van der Waals surface area (Å²) in [6.45, 7) is 31.7. The molecule has 0 saturated carbocycles. The van der Waals surface area contributed by atoms with E-state index in [1.165, 1.54) is 0 Å². The second-order valence-electron chi connectivity index (χ2n) is 17.1. The molecule has 1 aromatic rings. The number of allylic oxidation sites excluding steroid dienone is 1. The molecule has 0 radical (unpaired) electrons. The van der Waals surface area contributed by atoms with Crippen LogP contribution in [0.1, 0.15) is 118 Å². The van der Waals surface area contributed by atoms with Gasteiger partial charge in [-0.05, 0) is 77.5 Å². The van der Waals surface area contributed by atoms with E-state index in [0.29, 0.717) is 52.9 Å². The monoisotopic (exact) mass is 720 g/mol. The van der Waals surface area contributed by atoms with Crippen molar-refractivity contribution in [2.75, 3.05) is 20.8 Å². The molecule has 1 aromatic carbocycles. The highest BCUT2D eigenvalue weighted by Gasteiger charge is 2.48. The molecule has 0 aromatic heterocycles. The number of methoxy groups -OCH3 is 2. The number of fused-ring (bicyclic) bond motifs is 1. The van der Waals surface area contributed by atoms with Gasteiger partial charge >= 0.3 is 5.97 Å². The summed E-state index contributed by atoms with van der Waals surface area (Å²) in [5.74, 6) is 0.820. The van der Waals surface area contributed by atoms with Crippen LogP contribution in [0.4, 0.5) is 0 Å². The lowest BCUT2D eigenvalue weighted by molar-refractivity contribution is -0.0257. The second kappa shape index (κ2) is 18.2. The summed E-state index contributed by atoms with van der Waals surface area (Å²) < 4.78 is 32.7. The molecule has 0 amide bonds. The number of carbonyl (C=O) groups is 1. The Morgan fingerprint density at radius 2 is 1.49 bits per heavy atom. The molecule has 7 nitrogen and oxygen atoms in total. The number of esters is 1. The van der Waals surface area contributed by atoms with E-state index < -0.39 is 28.7 Å². The predicted molar refractivity (Wildman–Crippen MR) is 208 cm³/mol. The van der Waals surface area contributed by atoms with Crippen molar-refractivity contribution in [2.24, 2.45) is 17.8 Å². The number of ether oxygens (including phenoxy) is 3. The lowest BCUT2D eigenvalue weighted by atomic mass is 9.86. The number of cyclic esters (lactones) is 1. The lowest BCUT2D eigenvalue weighted by Crippen LogP contribution is -2.51. The summed E-state index contributed by atoms with van der Waals surface area (Å²) in [5, 5.41) is 9.94. The number of hydrogen-bond donors (Lipinski definition) is 1. The van der Waals surface area contributed by atoms with Gasteiger partial charge in [-0.25, -0.2) is 4.79 Å². The molecule has 0 spiro atoms. The van der Waals surface area contributed by atoms with Crippen LogP contribution >= 0.6 is 0 Å². The molecule has 0 bridgehead atoms. The van der Waals surface area contributed by atoms with E-state index in [2.05, 4.69) is 108 Å². The Balaban J connectivity index is 2.73. The van der Waals surface area contributed by atoms with E-state index in [1.54, 1.807) is 20.3 Å². The molecule has 1 aliphatic rings. The quantitative estimate of drug-likeness (QED) is 0.116. The van der Waals surface area contributed by atoms with Crippen LogP contribution in [-0.2, 0) is 20.0 Å². The minimum atomic E-state index is -2.25. The first-order valence-electron chi connectivity index (χ1n) is 18.8. The molecule has 2 rings (SSSR count). The van der Waals surface area contributed by atoms with Gasteiger partial charge in [-0.1, -0.05) is 95.2 Å². The van der Waals surface area contributed by atoms with Crippen LogP contribution in [0.2, 0.25) is 34.8 Å². The third-order valence-electron chi connectivity index (χ3n) is 11.7. The molecule has 6 atom stereocenters. The summed E-state index contributed by atoms with van der Waals surface area (Å²) >= 11 is 0. The topological polar surface area (TPSA) is 83.5 Å². The van der Waals surface area contributed by atoms with Gasteiger partial charge in [-0.15, -0.1) is 0 Å². The van der Waals surface area contributed by atoms with Crippen molar-refractivity contribution in [1.29, 1.82) is 0 Å². The number of aliphatic hydroxyl groups excluding tert-OH is 1. The average Bonchev–Trinajstić information content (AvgIpc) is 3.00. The Labute approximate surface area is 302 Å². The van der Waals surface area contributed by atoms with E-state index in [0.717, 1.165) is 12.0 Å². The number of aliphatic hydroxyl groups is 1. The first-order chi connectivity index (χ1) is 22.7. The summed E-state index contributed by atoms with van der Waals surface area (Å²) in [7, 11) is -1.21. The van der Waals surface area contributed by atoms with Crippen molar-refractivity contribution in [3.63, 3.8) is 0 Å². The maximum Gasteiger partial charge on any atom is 0.342 e. The summed E-state index contributed by atoms with van der Waals surface area (Å²) in [6, 6.07) is 3.73. The van der Waals surface area contributed by atoms with Crippen LogP contribution in [0.15, 0.2) is 24.3 Å². The zero-order chi connectivity index (χ0) is 37.5.